The Morgan fingerprint density at radius 3 is 2.78 bits per heavy atom. The van der Waals surface area contributed by atoms with Crippen molar-refractivity contribution in [3.63, 3.8) is 0 Å². The van der Waals surface area contributed by atoms with Crippen molar-refractivity contribution in [1.82, 2.24) is 20.5 Å². The highest BCUT2D eigenvalue weighted by atomic mass is 32.1. The van der Waals surface area contributed by atoms with E-state index < -0.39 is 0 Å². The lowest BCUT2D eigenvalue weighted by atomic mass is 10.2. The fraction of sp³-hybridized carbons (Fsp3) is 0.364. The van der Waals surface area contributed by atoms with E-state index in [0.717, 1.165) is 15.6 Å². The maximum atomic E-state index is 12.0. The first-order valence-corrected chi connectivity index (χ1v) is 6.34. The summed E-state index contributed by atoms with van der Waals surface area (Å²) in [7, 11) is 0. The Hall–Kier alpha value is -1.89. The van der Waals surface area contributed by atoms with Gasteiger partial charge in [-0.05, 0) is 20.8 Å². The maximum absolute atomic E-state index is 12.0. The van der Waals surface area contributed by atoms with E-state index in [0.29, 0.717) is 11.4 Å². The minimum Gasteiger partial charge on any atom is -0.396 e. The van der Waals surface area contributed by atoms with Gasteiger partial charge in [-0.1, -0.05) is 0 Å². The van der Waals surface area contributed by atoms with Crippen molar-refractivity contribution in [1.29, 1.82) is 0 Å². The Morgan fingerprint density at radius 2 is 2.28 bits per heavy atom. The van der Waals surface area contributed by atoms with Gasteiger partial charge in [-0.15, -0.1) is 11.3 Å². The van der Waals surface area contributed by atoms with Crippen LogP contribution < -0.4 is 11.1 Å². The van der Waals surface area contributed by atoms with Gasteiger partial charge in [0, 0.05) is 4.88 Å². The summed E-state index contributed by atoms with van der Waals surface area (Å²) in [6, 6.07) is -0.105. The molecule has 4 N–H and O–H groups in total. The van der Waals surface area contributed by atoms with Crippen molar-refractivity contribution < 1.29 is 4.79 Å². The first-order valence-electron chi connectivity index (χ1n) is 5.52. The van der Waals surface area contributed by atoms with E-state index in [2.05, 4.69) is 20.5 Å². The van der Waals surface area contributed by atoms with Crippen LogP contribution in [0.25, 0.3) is 0 Å². The molecule has 96 valence electrons. The van der Waals surface area contributed by atoms with Gasteiger partial charge in [0.2, 0.25) is 0 Å². The fourth-order valence-corrected chi connectivity index (χ4v) is 2.69. The average molecular weight is 265 g/mol. The number of thiazole rings is 1. The normalized spacial score (nSPS) is 12.4. The van der Waals surface area contributed by atoms with Crippen LogP contribution >= 0.6 is 11.3 Å². The molecule has 18 heavy (non-hydrogen) atoms. The zero-order valence-electron chi connectivity index (χ0n) is 10.4. The lowest BCUT2D eigenvalue weighted by Gasteiger charge is -2.12. The highest BCUT2D eigenvalue weighted by Crippen LogP contribution is 2.24. The third kappa shape index (κ3) is 2.35. The van der Waals surface area contributed by atoms with Crippen LogP contribution in [0.3, 0.4) is 0 Å². The number of carbonyl (C=O) groups is 1. The van der Waals surface area contributed by atoms with Crippen LogP contribution in [0.15, 0.2) is 6.20 Å². The molecule has 2 rings (SSSR count). The molecule has 1 amide bonds. The lowest BCUT2D eigenvalue weighted by molar-refractivity contribution is 0.0936. The van der Waals surface area contributed by atoms with Crippen molar-refractivity contribution in [2.45, 2.75) is 26.8 Å². The van der Waals surface area contributed by atoms with Crippen LogP contribution in [0.1, 0.15) is 39.0 Å². The van der Waals surface area contributed by atoms with Crippen LogP contribution in [0, 0.1) is 13.8 Å². The molecule has 0 spiro atoms. The van der Waals surface area contributed by atoms with E-state index in [4.69, 9.17) is 5.73 Å². The molecule has 7 heteroatoms. The van der Waals surface area contributed by atoms with E-state index >= 15 is 0 Å². The number of H-pyrrole nitrogens is 1. The number of rotatable bonds is 3. The summed E-state index contributed by atoms with van der Waals surface area (Å²) in [6.45, 7) is 5.80. The summed E-state index contributed by atoms with van der Waals surface area (Å²) in [5.74, 6) is -0.261. The summed E-state index contributed by atoms with van der Waals surface area (Å²) in [6.07, 6.45) is 1.42. The summed E-state index contributed by atoms with van der Waals surface area (Å²) in [5.41, 5.74) is 7.21. The number of nitrogen functional groups attached to an aromatic ring is 1. The zero-order chi connectivity index (χ0) is 13.3. The van der Waals surface area contributed by atoms with Crippen LogP contribution in [-0.2, 0) is 0 Å². The number of aryl methyl sites for hydroxylation is 2. The number of amides is 1. The molecule has 1 atom stereocenters. The van der Waals surface area contributed by atoms with Gasteiger partial charge in [-0.3, -0.25) is 9.89 Å². The molecule has 0 saturated carbocycles. The lowest BCUT2D eigenvalue weighted by Crippen LogP contribution is -2.27. The zero-order valence-corrected chi connectivity index (χ0v) is 11.3. The molecule has 2 heterocycles. The molecule has 6 nitrogen and oxygen atoms in total. The number of hydrogen-bond acceptors (Lipinski definition) is 5. The van der Waals surface area contributed by atoms with Gasteiger partial charge in [0.15, 0.2) is 0 Å². The molecule has 2 aromatic rings. The average Bonchev–Trinajstić information content (AvgIpc) is 2.84. The quantitative estimate of drug-likeness (QED) is 0.784. The first-order chi connectivity index (χ1) is 8.49. The van der Waals surface area contributed by atoms with Crippen molar-refractivity contribution in [3.05, 3.63) is 27.5 Å². The Labute approximate surface area is 109 Å². The first kappa shape index (κ1) is 12.6. The molecule has 0 fully saturated rings. The number of nitrogens with one attached hydrogen (secondary N) is 2. The molecular formula is C11H15N5OS. The Kier molecular flexibility index (Phi) is 3.33. The largest absolute Gasteiger partial charge is 0.396 e. The molecule has 0 bridgehead atoms. The number of hydrogen-bond donors (Lipinski definition) is 3. The third-order valence-corrected chi connectivity index (χ3v) is 3.83. The summed E-state index contributed by atoms with van der Waals surface area (Å²) in [5, 5.41) is 10.2. The minimum atomic E-state index is -0.261. The standard InChI is InChI=1S/C11H15N5OS/c1-5-10(18-7(3)14-5)6(2)15-11(17)9-8(12)4-13-16-9/h4,6H,12H2,1-3H3,(H,13,16)(H,15,17). The van der Waals surface area contributed by atoms with Crippen molar-refractivity contribution >= 4 is 22.9 Å². The van der Waals surface area contributed by atoms with Gasteiger partial charge in [0.05, 0.1) is 28.6 Å². The van der Waals surface area contributed by atoms with E-state index in [1.54, 1.807) is 11.3 Å². The Balaban J connectivity index is 2.13. The molecule has 0 aliphatic carbocycles. The van der Waals surface area contributed by atoms with Crippen LogP contribution in [0.5, 0.6) is 0 Å². The van der Waals surface area contributed by atoms with Gasteiger partial charge in [-0.25, -0.2) is 4.98 Å². The Bertz CT molecular complexity index is 574. The summed E-state index contributed by atoms with van der Waals surface area (Å²) < 4.78 is 0. The number of carbonyl (C=O) groups excluding carboxylic acids is 1. The predicted octanol–water partition coefficient (Wildman–Crippen LogP) is 1.56. The molecular weight excluding hydrogens is 250 g/mol. The summed E-state index contributed by atoms with van der Waals surface area (Å²) >= 11 is 1.58. The summed E-state index contributed by atoms with van der Waals surface area (Å²) in [4.78, 5) is 17.3. The maximum Gasteiger partial charge on any atom is 0.271 e. The number of aromatic amines is 1. The molecule has 2 aromatic heterocycles. The van der Waals surface area contributed by atoms with E-state index in [-0.39, 0.29) is 11.9 Å². The molecule has 1 unspecified atom stereocenters. The second kappa shape index (κ2) is 4.77. The number of anilines is 1. The van der Waals surface area contributed by atoms with Gasteiger partial charge in [0.1, 0.15) is 5.69 Å². The van der Waals surface area contributed by atoms with Gasteiger partial charge >= 0.3 is 0 Å². The number of aromatic nitrogens is 3. The van der Waals surface area contributed by atoms with E-state index in [1.165, 1.54) is 6.20 Å². The second-order valence-corrected chi connectivity index (χ2v) is 5.31. The van der Waals surface area contributed by atoms with Gasteiger partial charge < -0.3 is 11.1 Å². The van der Waals surface area contributed by atoms with Crippen molar-refractivity contribution in [2.24, 2.45) is 0 Å². The topological polar surface area (TPSA) is 96.7 Å². The van der Waals surface area contributed by atoms with Crippen LogP contribution in [0.2, 0.25) is 0 Å². The van der Waals surface area contributed by atoms with E-state index in [9.17, 15) is 4.79 Å². The van der Waals surface area contributed by atoms with E-state index in [1.807, 2.05) is 20.8 Å². The molecule has 0 aliphatic rings. The Morgan fingerprint density at radius 1 is 1.56 bits per heavy atom. The predicted molar refractivity (Wildman–Crippen MR) is 70.5 cm³/mol. The molecule has 0 saturated heterocycles. The highest BCUT2D eigenvalue weighted by Gasteiger charge is 2.18. The minimum absolute atomic E-state index is 0.105. The van der Waals surface area contributed by atoms with Crippen LogP contribution in [-0.4, -0.2) is 21.1 Å². The van der Waals surface area contributed by atoms with Crippen molar-refractivity contribution in [3.8, 4) is 0 Å². The SMILES string of the molecule is Cc1nc(C)c(C(C)NC(=O)c2[nH]ncc2N)s1. The van der Waals surface area contributed by atoms with Crippen LogP contribution in [0.4, 0.5) is 5.69 Å². The molecule has 0 aromatic carbocycles. The monoisotopic (exact) mass is 265 g/mol. The number of nitrogens with zero attached hydrogens (tertiary/aromatic N) is 2. The molecule has 0 aliphatic heterocycles. The number of nitrogens with two attached hydrogens (primary N) is 1. The third-order valence-electron chi connectivity index (χ3n) is 2.58. The second-order valence-electron chi connectivity index (χ2n) is 4.08. The highest BCUT2D eigenvalue weighted by molar-refractivity contribution is 7.11. The van der Waals surface area contributed by atoms with Crippen molar-refractivity contribution in [2.75, 3.05) is 5.73 Å². The smallest absolute Gasteiger partial charge is 0.271 e. The van der Waals surface area contributed by atoms with Gasteiger partial charge in [-0.2, -0.15) is 5.10 Å². The molecule has 0 radical (unpaired) electrons. The van der Waals surface area contributed by atoms with Gasteiger partial charge in [0.25, 0.3) is 5.91 Å². The fourth-order valence-electron chi connectivity index (χ4n) is 1.76.